The lowest BCUT2D eigenvalue weighted by molar-refractivity contribution is -0.0361. The summed E-state index contributed by atoms with van der Waals surface area (Å²) in [6.07, 6.45) is 1.03. The van der Waals surface area contributed by atoms with E-state index >= 15 is 0 Å². The number of fused-ring (bicyclic) bond motifs is 1. The maximum Gasteiger partial charge on any atom is 0.248 e. The molecular formula is C23H25F3N4O. The summed E-state index contributed by atoms with van der Waals surface area (Å²) in [4.78, 5) is 12.7. The number of Topliss-reactive ketones (excluding diaryl/α,β-unsaturated/α-hetero) is 1. The van der Waals surface area contributed by atoms with Gasteiger partial charge in [-0.15, -0.1) is 0 Å². The van der Waals surface area contributed by atoms with Gasteiger partial charge in [0.1, 0.15) is 17.4 Å². The fraction of sp³-hybridized carbons (Fsp3) is 0.522. The molecule has 4 rings (SSSR count). The predicted octanol–water partition coefficient (Wildman–Crippen LogP) is 5.34. The van der Waals surface area contributed by atoms with E-state index in [4.69, 9.17) is 0 Å². The van der Waals surface area contributed by atoms with Gasteiger partial charge < -0.3 is 5.32 Å². The Kier molecular flexibility index (Phi) is 5.11. The minimum atomic E-state index is -2.67. The molecule has 0 atom stereocenters. The van der Waals surface area contributed by atoms with Gasteiger partial charge in [0, 0.05) is 31.4 Å². The second-order valence-corrected chi connectivity index (χ2v) is 9.50. The first-order valence-electron chi connectivity index (χ1n) is 10.5. The van der Waals surface area contributed by atoms with Gasteiger partial charge in [-0.25, -0.2) is 17.9 Å². The van der Waals surface area contributed by atoms with Gasteiger partial charge in [-0.1, -0.05) is 13.8 Å². The van der Waals surface area contributed by atoms with Crippen LogP contribution < -0.4 is 5.32 Å². The van der Waals surface area contributed by atoms with E-state index in [1.54, 1.807) is 17.7 Å². The van der Waals surface area contributed by atoms with Crippen molar-refractivity contribution in [3.63, 3.8) is 0 Å². The average Bonchev–Trinajstić information content (AvgIpc) is 2.98. The molecule has 2 aliphatic carbocycles. The molecule has 2 aromatic rings. The van der Waals surface area contributed by atoms with E-state index in [1.807, 2.05) is 19.9 Å². The van der Waals surface area contributed by atoms with Crippen LogP contribution in [0.15, 0.2) is 12.1 Å². The predicted molar refractivity (Wildman–Crippen MR) is 110 cm³/mol. The first-order chi connectivity index (χ1) is 14.5. The lowest BCUT2D eigenvalue weighted by Gasteiger charge is -2.30. The smallest absolute Gasteiger partial charge is 0.248 e. The average molecular weight is 430 g/mol. The second kappa shape index (κ2) is 7.40. The molecule has 8 heteroatoms. The summed E-state index contributed by atoms with van der Waals surface area (Å²) in [5.41, 5.74) is 2.15. The number of nitrogens with one attached hydrogen (secondary N) is 1. The van der Waals surface area contributed by atoms with Gasteiger partial charge in [-0.3, -0.25) is 4.79 Å². The van der Waals surface area contributed by atoms with Crippen LogP contribution in [0, 0.1) is 29.5 Å². The van der Waals surface area contributed by atoms with Crippen molar-refractivity contribution < 1.29 is 18.0 Å². The molecule has 164 valence electrons. The number of halogens is 3. The van der Waals surface area contributed by atoms with Crippen molar-refractivity contribution in [1.82, 2.24) is 9.78 Å². The van der Waals surface area contributed by atoms with E-state index in [1.165, 1.54) is 6.07 Å². The third-order valence-electron chi connectivity index (χ3n) is 6.23. The molecule has 1 fully saturated rings. The summed E-state index contributed by atoms with van der Waals surface area (Å²) in [6.45, 7) is 5.77. The SMILES string of the molecule is Cc1nn(-c2cc(F)c(C#N)c(NC3CCC(F)(F)CC3)c2)c2c1C(=O)CC(C)(C)C2. The molecule has 0 radical (unpaired) electrons. The number of anilines is 1. The molecule has 31 heavy (non-hydrogen) atoms. The zero-order valence-electron chi connectivity index (χ0n) is 17.9. The Bertz CT molecular complexity index is 1090. The number of carbonyl (C=O) groups excluding carboxylic acids is 1. The van der Waals surface area contributed by atoms with Crippen molar-refractivity contribution in [3.05, 3.63) is 40.5 Å². The number of hydrogen-bond acceptors (Lipinski definition) is 4. The Morgan fingerprint density at radius 1 is 1.23 bits per heavy atom. The summed E-state index contributed by atoms with van der Waals surface area (Å²) < 4.78 is 43.4. The number of nitriles is 1. The molecule has 0 bridgehead atoms. The van der Waals surface area contributed by atoms with Crippen LogP contribution in [0.5, 0.6) is 0 Å². The Morgan fingerprint density at radius 2 is 1.90 bits per heavy atom. The van der Waals surface area contributed by atoms with Crippen LogP contribution in [-0.4, -0.2) is 27.5 Å². The minimum absolute atomic E-state index is 0.0191. The third kappa shape index (κ3) is 4.06. The van der Waals surface area contributed by atoms with Crippen molar-refractivity contribution in [1.29, 1.82) is 5.26 Å². The maximum atomic E-state index is 14.9. The van der Waals surface area contributed by atoms with Crippen molar-refractivity contribution >= 4 is 11.5 Å². The minimum Gasteiger partial charge on any atom is -0.381 e. The summed E-state index contributed by atoms with van der Waals surface area (Å²) in [5, 5.41) is 17.1. The molecule has 1 aromatic carbocycles. The lowest BCUT2D eigenvalue weighted by atomic mass is 9.75. The number of aromatic nitrogens is 2. The van der Waals surface area contributed by atoms with E-state index in [2.05, 4.69) is 10.4 Å². The van der Waals surface area contributed by atoms with Crippen molar-refractivity contribution in [2.45, 2.75) is 71.3 Å². The molecular weight excluding hydrogens is 405 g/mol. The lowest BCUT2D eigenvalue weighted by Crippen LogP contribution is -2.32. The molecule has 2 aliphatic rings. The zero-order chi connectivity index (χ0) is 22.6. The van der Waals surface area contributed by atoms with Crippen molar-refractivity contribution in [3.8, 4) is 11.8 Å². The van der Waals surface area contributed by atoms with Crippen molar-refractivity contribution in [2.75, 3.05) is 5.32 Å². The van der Waals surface area contributed by atoms with Crippen LogP contribution in [0.25, 0.3) is 5.69 Å². The highest BCUT2D eigenvalue weighted by Gasteiger charge is 2.37. The topological polar surface area (TPSA) is 70.7 Å². The summed E-state index contributed by atoms with van der Waals surface area (Å²) in [7, 11) is 0. The fourth-order valence-electron chi connectivity index (χ4n) is 4.70. The molecule has 5 nitrogen and oxygen atoms in total. The number of hydrogen-bond donors (Lipinski definition) is 1. The molecule has 0 spiro atoms. The molecule has 0 unspecified atom stereocenters. The van der Waals surface area contributed by atoms with Gasteiger partial charge in [0.15, 0.2) is 5.78 Å². The third-order valence-corrected chi connectivity index (χ3v) is 6.23. The number of rotatable bonds is 3. The molecule has 0 aliphatic heterocycles. The number of nitrogens with zero attached hydrogens (tertiary/aromatic N) is 3. The van der Waals surface area contributed by atoms with Crippen LogP contribution in [0.4, 0.5) is 18.9 Å². The highest BCUT2D eigenvalue weighted by molar-refractivity contribution is 5.99. The highest BCUT2D eigenvalue weighted by atomic mass is 19.3. The monoisotopic (exact) mass is 430 g/mol. The van der Waals surface area contributed by atoms with Gasteiger partial charge in [0.05, 0.1) is 28.3 Å². The van der Waals surface area contributed by atoms with Crippen LogP contribution in [0.2, 0.25) is 0 Å². The molecule has 1 N–H and O–H groups in total. The molecule has 0 saturated heterocycles. The first kappa shape index (κ1) is 21.4. The first-order valence-corrected chi connectivity index (χ1v) is 10.5. The fourth-order valence-corrected chi connectivity index (χ4v) is 4.70. The Morgan fingerprint density at radius 3 is 2.55 bits per heavy atom. The van der Waals surface area contributed by atoms with Crippen LogP contribution in [0.1, 0.15) is 73.3 Å². The molecule has 1 saturated carbocycles. The number of ketones is 1. The van der Waals surface area contributed by atoms with Gasteiger partial charge in [-0.2, -0.15) is 10.4 Å². The molecule has 0 amide bonds. The van der Waals surface area contributed by atoms with Gasteiger partial charge >= 0.3 is 0 Å². The zero-order valence-corrected chi connectivity index (χ0v) is 17.9. The van der Waals surface area contributed by atoms with Crippen LogP contribution in [-0.2, 0) is 6.42 Å². The number of benzene rings is 1. The van der Waals surface area contributed by atoms with Crippen LogP contribution >= 0.6 is 0 Å². The largest absolute Gasteiger partial charge is 0.381 e. The maximum absolute atomic E-state index is 14.9. The normalized spacial score (nSPS) is 20.2. The van der Waals surface area contributed by atoms with Crippen LogP contribution in [0.3, 0.4) is 0 Å². The van der Waals surface area contributed by atoms with E-state index in [0.29, 0.717) is 29.8 Å². The summed E-state index contributed by atoms with van der Waals surface area (Å²) in [6, 6.07) is 4.45. The van der Waals surface area contributed by atoms with E-state index < -0.39 is 11.7 Å². The van der Waals surface area contributed by atoms with Gasteiger partial charge in [-0.05, 0) is 37.7 Å². The molecule has 1 heterocycles. The Labute approximate surface area is 179 Å². The number of carbonyl (C=O) groups is 1. The summed E-state index contributed by atoms with van der Waals surface area (Å²) >= 11 is 0. The Hall–Kier alpha value is -2.82. The van der Waals surface area contributed by atoms with Crippen molar-refractivity contribution in [2.24, 2.45) is 5.41 Å². The van der Waals surface area contributed by atoms with Gasteiger partial charge in [0.25, 0.3) is 0 Å². The van der Waals surface area contributed by atoms with E-state index in [0.717, 1.165) is 5.69 Å². The standard InChI is InChI=1S/C23H25F3N4O/c1-13-21-19(10-22(2,3)11-20(21)31)30(29-13)15-8-17(24)16(12-27)18(9-15)28-14-4-6-23(25,26)7-5-14/h8-9,14,28H,4-7,10-11H2,1-3H3. The number of aryl methyl sites for hydroxylation is 1. The van der Waals surface area contributed by atoms with E-state index in [-0.39, 0.29) is 54.2 Å². The summed E-state index contributed by atoms with van der Waals surface area (Å²) in [5.74, 6) is -3.37. The quantitative estimate of drug-likeness (QED) is 0.714. The molecule has 1 aromatic heterocycles. The number of alkyl halides is 2. The second-order valence-electron chi connectivity index (χ2n) is 9.50. The van der Waals surface area contributed by atoms with E-state index in [9.17, 15) is 23.2 Å². The Balaban J connectivity index is 1.74. The van der Waals surface area contributed by atoms with Gasteiger partial charge in [0.2, 0.25) is 5.92 Å². The highest BCUT2D eigenvalue weighted by Crippen LogP contribution is 2.38.